The van der Waals surface area contributed by atoms with Crippen LogP contribution in [0, 0.1) is 0 Å². The van der Waals surface area contributed by atoms with E-state index in [4.69, 9.17) is 0 Å². The van der Waals surface area contributed by atoms with Crippen molar-refractivity contribution in [3.8, 4) is 0 Å². The molecule has 0 aliphatic rings. The molecule has 0 heterocycles. The predicted molar refractivity (Wildman–Crippen MR) is 99.0 cm³/mol. The smallest absolute Gasteiger partial charge is 0.271 e. The Morgan fingerprint density at radius 2 is 0.857 bits per heavy atom. The highest BCUT2D eigenvalue weighted by Gasteiger charge is 2.28. The highest BCUT2D eigenvalue weighted by Crippen LogP contribution is 2.13. The van der Waals surface area contributed by atoms with Crippen molar-refractivity contribution in [1.82, 2.24) is 0 Å². The van der Waals surface area contributed by atoms with Crippen LogP contribution < -0.4 is 0 Å². The molecule has 2 unspecified atom stereocenters. The van der Waals surface area contributed by atoms with Crippen LogP contribution in [0.25, 0.3) is 0 Å². The summed E-state index contributed by atoms with van der Waals surface area (Å²) in [5.74, 6) is -0.911. The van der Waals surface area contributed by atoms with Crippen LogP contribution in [0.5, 0.6) is 0 Å². The molecule has 170 valence electrons. The molecule has 0 bridgehead atoms. The summed E-state index contributed by atoms with van der Waals surface area (Å²) in [5.41, 5.74) is -3.37. The van der Waals surface area contributed by atoms with Crippen molar-refractivity contribution in [2.75, 3.05) is 25.7 Å². The highest BCUT2D eigenvalue weighted by atomic mass is 32.2. The number of hydrogen-bond acceptors (Lipinski definition) is 12. The summed E-state index contributed by atoms with van der Waals surface area (Å²) in [5, 5.41) is 0. The monoisotopic (exact) mass is 490 g/mol. The molecule has 0 aromatic carbocycles. The highest BCUT2D eigenvalue weighted by molar-refractivity contribution is 7.90. The largest absolute Gasteiger partial charge is 0.295 e. The summed E-state index contributed by atoms with van der Waals surface area (Å²) in [6.07, 6.45) is 0.847. The molecule has 0 aliphatic heterocycles. The number of rotatable bonds is 15. The molecule has 0 fully saturated rings. The second-order valence-corrected chi connectivity index (χ2v) is 13.0. The lowest BCUT2D eigenvalue weighted by molar-refractivity contribution is 0.265. The van der Waals surface area contributed by atoms with Crippen molar-refractivity contribution in [2.45, 2.75) is 50.4 Å². The van der Waals surface area contributed by atoms with Crippen molar-refractivity contribution in [3.63, 3.8) is 0 Å². The Bertz CT molecular complexity index is 810. The van der Waals surface area contributed by atoms with E-state index in [1.807, 2.05) is 0 Å². The van der Waals surface area contributed by atoms with Gasteiger partial charge in [-0.3, -0.25) is 8.37 Å². The molecular formula is C12H26O12S4. The third-order valence-electron chi connectivity index (χ3n) is 3.38. The summed E-state index contributed by atoms with van der Waals surface area (Å²) < 4.78 is 109. The number of hydrogen-bond donors (Lipinski definition) is 0. The Morgan fingerprint density at radius 3 is 1.11 bits per heavy atom. The fourth-order valence-corrected chi connectivity index (χ4v) is 5.95. The molecule has 12 nitrogen and oxygen atoms in total. The van der Waals surface area contributed by atoms with Crippen LogP contribution in [0.1, 0.15) is 39.5 Å². The van der Waals surface area contributed by atoms with Gasteiger partial charge in [-0.2, -0.15) is 33.7 Å². The van der Waals surface area contributed by atoms with Gasteiger partial charge in [-0.05, 0) is 26.7 Å². The lowest BCUT2D eigenvalue weighted by Crippen LogP contribution is -2.27. The van der Waals surface area contributed by atoms with E-state index < -0.39 is 62.9 Å². The van der Waals surface area contributed by atoms with Gasteiger partial charge in [0.15, 0.2) is 10.9 Å². The Balaban J connectivity index is 4.30. The van der Waals surface area contributed by atoms with Gasteiger partial charge < -0.3 is 0 Å². The topological polar surface area (TPSA) is 173 Å². The Hall–Kier alpha value is -0.360. The molecule has 0 rings (SSSR count). The summed E-state index contributed by atoms with van der Waals surface area (Å²) >= 11 is 0. The minimum atomic E-state index is -4.14. The first-order valence-electron chi connectivity index (χ1n) is 7.99. The van der Waals surface area contributed by atoms with Crippen LogP contribution in [0.3, 0.4) is 0 Å². The van der Waals surface area contributed by atoms with Crippen molar-refractivity contribution in [3.05, 3.63) is 0 Å². The van der Waals surface area contributed by atoms with Crippen molar-refractivity contribution in [2.24, 2.45) is 0 Å². The lowest BCUT2D eigenvalue weighted by atomic mass is 10.2. The summed E-state index contributed by atoms with van der Waals surface area (Å²) in [4.78, 5) is 0. The minimum Gasteiger partial charge on any atom is -0.271 e. The van der Waals surface area contributed by atoms with Crippen molar-refractivity contribution < 1.29 is 50.4 Å². The normalized spacial score (nSPS) is 16.0. The van der Waals surface area contributed by atoms with Gasteiger partial charge in [0.25, 0.3) is 40.5 Å². The van der Waals surface area contributed by atoms with Crippen LogP contribution in [0.2, 0.25) is 0 Å². The Labute approximate surface area is 167 Å². The standard InChI is InChI=1S/C12H26O12S4/c1-11(27(17,18)21-3)23-25(13,14)9-7-5-6-8-10-26(15,16)24-12(2)28(19,20)22-4/h11-12H,5-10H2,1-4H3. The lowest BCUT2D eigenvalue weighted by Gasteiger charge is -2.12. The van der Waals surface area contributed by atoms with E-state index in [1.165, 1.54) is 0 Å². The van der Waals surface area contributed by atoms with Gasteiger partial charge in [0.1, 0.15) is 0 Å². The molecule has 0 saturated carbocycles. The Kier molecular flexibility index (Phi) is 11.0. The van der Waals surface area contributed by atoms with Gasteiger partial charge in [0, 0.05) is 0 Å². The minimum absolute atomic E-state index is 0.109. The summed E-state index contributed by atoms with van der Waals surface area (Å²) in [7, 11) is -14.7. The zero-order valence-electron chi connectivity index (χ0n) is 15.9. The molecule has 28 heavy (non-hydrogen) atoms. The predicted octanol–water partition coefficient (Wildman–Crippen LogP) is -0.116. The Morgan fingerprint density at radius 1 is 0.571 bits per heavy atom. The maximum Gasteiger partial charge on any atom is 0.295 e. The molecule has 0 aromatic heterocycles. The average molecular weight is 491 g/mol. The zero-order chi connectivity index (χ0) is 22.2. The van der Waals surface area contributed by atoms with E-state index in [0.717, 1.165) is 28.1 Å². The van der Waals surface area contributed by atoms with E-state index in [1.54, 1.807) is 0 Å². The second kappa shape index (κ2) is 11.1. The quantitative estimate of drug-likeness (QED) is 0.220. The zero-order valence-corrected chi connectivity index (χ0v) is 19.2. The molecule has 0 radical (unpaired) electrons. The van der Waals surface area contributed by atoms with Gasteiger partial charge in [0.05, 0.1) is 25.7 Å². The maximum atomic E-state index is 11.7. The molecule has 0 aromatic rings. The number of unbranched alkanes of at least 4 members (excludes halogenated alkanes) is 3. The van der Waals surface area contributed by atoms with Crippen LogP contribution >= 0.6 is 0 Å². The van der Waals surface area contributed by atoms with Gasteiger partial charge in [-0.25, -0.2) is 8.37 Å². The molecule has 0 N–H and O–H groups in total. The molecule has 0 spiro atoms. The van der Waals surface area contributed by atoms with E-state index in [-0.39, 0.29) is 12.8 Å². The van der Waals surface area contributed by atoms with Crippen LogP contribution in [0.15, 0.2) is 0 Å². The molecule has 16 heteroatoms. The third kappa shape index (κ3) is 10.4. The van der Waals surface area contributed by atoms with Gasteiger partial charge in [0.2, 0.25) is 0 Å². The van der Waals surface area contributed by atoms with E-state index >= 15 is 0 Å². The van der Waals surface area contributed by atoms with E-state index in [0.29, 0.717) is 12.8 Å². The van der Waals surface area contributed by atoms with Crippen LogP contribution in [0.4, 0.5) is 0 Å². The maximum absolute atomic E-state index is 11.7. The fourth-order valence-electron chi connectivity index (χ4n) is 1.79. The van der Waals surface area contributed by atoms with Gasteiger partial charge in [-0.15, -0.1) is 0 Å². The van der Waals surface area contributed by atoms with Crippen LogP contribution in [-0.2, 0) is 57.2 Å². The first-order chi connectivity index (χ1) is 12.6. The second-order valence-electron chi connectivity index (χ2n) is 5.58. The molecule has 0 aliphatic carbocycles. The first-order valence-corrected chi connectivity index (χ1v) is 14.1. The SMILES string of the molecule is COS(=O)(=O)C(C)OS(=O)(=O)CCCCCCS(=O)(=O)OC(C)S(=O)(=O)OC. The van der Waals surface area contributed by atoms with Gasteiger partial charge in [-0.1, -0.05) is 12.8 Å². The van der Waals surface area contributed by atoms with E-state index in [2.05, 4.69) is 16.7 Å². The summed E-state index contributed by atoms with van der Waals surface area (Å²) in [6.45, 7) is 2.04. The average Bonchev–Trinajstić information content (AvgIpc) is 2.56. The van der Waals surface area contributed by atoms with E-state index in [9.17, 15) is 33.7 Å². The molecular weight excluding hydrogens is 464 g/mol. The summed E-state index contributed by atoms with van der Waals surface area (Å²) in [6, 6.07) is 0. The molecule has 0 saturated heterocycles. The van der Waals surface area contributed by atoms with Crippen molar-refractivity contribution in [1.29, 1.82) is 0 Å². The molecule has 0 amide bonds. The fraction of sp³-hybridized carbons (Fsp3) is 1.00. The van der Waals surface area contributed by atoms with Gasteiger partial charge >= 0.3 is 0 Å². The van der Waals surface area contributed by atoms with Crippen molar-refractivity contribution >= 4 is 40.5 Å². The third-order valence-corrected chi connectivity index (χ3v) is 9.11. The first kappa shape index (κ1) is 27.6. The van der Waals surface area contributed by atoms with Crippen LogP contribution in [-0.4, -0.2) is 70.3 Å². The molecule has 2 atom stereocenters.